The van der Waals surface area contributed by atoms with Gasteiger partial charge in [0.1, 0.15) is 6.07 Å². The molecule has 0 aliphatic heterocycles. The fraction of sp³-hybridized carbons (Fsp3) is 0. The maximum Gasteiger partial charge on any atom is 0.266 e. The van der Waals surface area contributed by atoms with Crippen molar-refractivity contribution in [1.29, 1.82) is 5.26 Å². The fourth-order valence-electron chi connectivity index (χ4n) is 5.53. The van der Waals surface area contributed by atoms with E-state index in [0.717, 1.165) is 16.0 Å². The Labute approximate surface area is 259 Å². The normalized spacial score (nSPS) is 10.8. The lowest BCUT2D eigenvalue weighted by molar-refractivity contribution is 0.0899. The maximum absolute atomic E-state index is 14.9. The summed E-state index contributed by atoms with van der Waals surface area (Å²) in [7, 11) is 0. The van der Waals surface area contributed by atoms with Crippen molar-refractivity contribution in [2.45, 2.75) is 0 Å². The quantitative estimate of drug-likeness (QED) is 0.191. The van der Waals surface area contributed by atoms with Crippen LogP contribution in [0.15, 0.2) is 146 Å². The minimum absolute atomic E-state index is 0.194. The Morgan fingerprint density at radius 2 is 0.956 bits per heavy atom. The van der Waals surface area contributed by atoms with Crippen LogP contribution in [0.3, 0.4) is 0 Å². The number of para-hydroxylation sites is 3. The van der Waals surface area contributed by atoms with Gasteiger partial charge in [-0.15, -0.1) is 0 Å². The van der Waals surface area contributed by atoms with Gasteiger partial charge in [-0.25, -0.2) is 14.9 Å². The first kappa shape index (κ1) is 27.4. The molecule has 7 rings (SSSR count). The van der Waals surface area contributed by atoms with Crippen LogP contribution in [0.5, 0.6) is 0 Å². The molecule has 2 amide bonds. The third-order valence-corrected chi connectivity index (χ3v) is 7.70. The lowest BCUT2D eigenvalue weighted by atomic mass is 10.00. The van der Waals surface area contributed by atoms with Gasteiger partial charge in [0.2, 0.25) is 0 Å². The third kappa shape index (κ3) is 5.09. The lowest BCUT2D eigenvalue weighted by Crippen LogP contribution is -2.38. The van der Waals surface area contributed by atoms with Gasteiger partial charge in [-0.2, -0.15) is 5.26 Å². The second-order valence-corrected chi connectivity index (χ2v) is 10.5. The Kier molecular flexibility index (Phi) is 7.11. The van der Waals surface area contributed by atoms with Crippen LogP contribution in [0.2, 0.25) is 0 Å². The molecule has 0 aliphatic rings. The van der Waals surface area contributed by atoms with Gasteiger partial charge in [0, 0.05) is 21.9 Å². The highest BCUT2D eigenvalue weighted by atomic mass is 16.2. The highest BCUT2D eigenvalue weighted by molar-refractivity contribution is 6.30. The highest BCUT2D eigenvalue weighted by Crippen LogP contribution is 2.32. The first-order valence-electron chi connectivity index (χ1n) is 14.4. The number of carbonyl (C=O) groups excluding carboxylic acids is 2. The van der Waals surface area contributed by atoms with Crippen molar-refractivity contribution in [3.8, 4) is 28.6 Å². The molecular formula is C39H24N4O2. The van der Waals surface area contributed by atoms with Gasteiger partial charge >= 0.3 is 0 Å². The van der Waals surface area contributed by atoms with Crippen molar-refractivity contribution in [1.82, 2.24) is 9.97 Å². The van der Waals surface area contributed by atoms with E-state index in [2.05, 4.69) is 6.07 Å². The topological polar surface area (TPSA) is 87.0 Å². The smallest absolute Gasteiger partial charge is 0.266 e. The van der Waals surface area contributed by atoms with Gasteiger partial charge in [-0.1, -0.05) is 109 Å². The average molecular weight is 581 g/mol. The summed E-state index contributed by atoms with van der Waals surface area (Å²) in [4.78, 5) is 40.5. The number of carbonyl (C=O) groups is 2. The Balaban J connectivity index is 1.47. The molecule has 0 N–H and O–H groups in total. The summed E-state index contributed by atoms with van der Waals surface area (Å²) in [6.07, 6.45) is 0. The molecule has 0 atom stereocenters. The summed E-state index contributed by atoms with van der Waals surface area (Å²) >= 11 is 0. The van der Waals surface area contributed by atoms with Gasteiger partial charge in [-0.3, -0.25) is 9.59 Å². The number of rotatable bonds is 5. The molecule has 5 aromatic carbocycles. The molecule has 2 heterocycles. The van der Waals surface area contributed by atoms with E-state index in [1.165, 1.54) is 0 Å². The lowest BCUT2D eigenvalue weighted by Gasteiger charge is -2.24. The van der Waals surface area contributed by atoms with Gasteiger partial charge in [-0.05, 0) is 36.4 Å². The second kappa shape index (κ2) is 11.7. The van der Waals surface area contributed by atoms with Crippen molar-refractivity contribution in [3.05, 3.63) is 162 Å². The molecule has 7 aromatic rings. The van der Waals surface area contributed by atoms with E-state index in [-0.39, 0.29) is 11.3 Å². The van der Waals surface area contributed by atoms with E-state index in [9.17, 15) is 14.9 Å². The second-order valence-electron chi connectivity index (χ2n) is 10.5. The SMILES string of the molecule is N#Cc1ccccc1N(C(=O)c1cc(-c2ccccc2)nc2ccccc12)C(=O)c1cc(-c2ccccc2)nc2ccccc12. The molecule has 0 fully saturated rings. The summed E-state index contributed by atoms with van der Waals surface area (Å²) in [5.41, 5.74) is 5.07. The van der Waals surface area contributed by atoms with Crippen LogP contribution in [-0.2, 0) is 0 Å². The number of imide groups is 1. The zero-order valence-electron chi connectivity index (χ0n) is 24.0. The molecule has 0 saturated heterocycles. The Hall–Kier alpha value is -6.45. The first-order valence-corrected chi connectivity index (χ1v) is 14.4. The average Bonchev–Trinajstić information content (AvgIpc) is 3.11. The zero-order valence-corrected chi connectivity index (χ0v) is 24.0. The number of benzene rings is 5. The molecule has 0 radical (unpaired) electrons. The number of hydrogen-bond donors (Lipinski definition) is 0. The standard InChI is InChI=1S/C39H24N4O2/c40-25-28-17-7-12-22-37(28)43(38(44)31-23-35(26-13-3-1-4-14-26)41-33-20-10-8-18-29(31)33)39(45)32-24-36(27-15-5-2-6-16-27)42-34-21-11-9-19-30(32)34/h1-24H. The number of aromatic nitrogens is 2. The predicted octanol–water partition coefficient (Wildman–Crippen LogP) is 8.48. The molecule has 6 nitrogen and oxygen atoms in total. The molecule has 0 aliphatic carbocycles. The summed E-state index contributed by atoms with van der Waals surface area (Å²) in [6.45, 7) is 0. The van der Waals surface area contributed by atoms with Crippen LogP contribution in [0.25, 0.3) is 44.3 Å². The number of fused-ring (bicyclic) bond motifs is 2. The van der Waals surface area contributed by atoms with E-state index in [1.54, 1.807) is 36.4 Å². The monoisotopic (exact) mass is 580 g/mol. The minimum atomic E-state index is -0.569. The van der Waals surface area contributed by atoms with Crippen molar-refractivity contribution >= 4 is 39.3 Å². The summed E-state index contributed by atoms with van der Waals surface area (Å²) in [6, 6.07) is 46.1. The first-order chi connectivity index (χ1) is 22.1. The predicted molar refractivity (Wildman–Crippen MR) is 177 cm³/mol. The number of hydrogen-bond acceptors (Lipinski definition) is 5. The third-order valence-electron chi connectivity index (χ3n) is 7.70. The Bertz CT molecular complexity index is 2140. The van der Waals surface area contributed by atoms with Crippen LogP contribution in [0, 0.1) is 11.3 Å². The fourth-order valence-corrected chi connectivity index (χ4v) is 5.53. The largest absolute Gasteiger partial charge is 0.268 e. The molecular weight excluding hydrogens is 556 g/mol. The van der Waals surface area contributed by atoms with E-state index in [1.807, 2.05) is 109 Å². The van der Waals surface area contributed by atoms with Crippen molar-refractivity contribution in [2.24, 2.45) is 0 Å². The number of amides is 2. The zero-order chi connectivity index (χ0) is 30.8. The van der Waals surface area contributed by atoms with Gasteiger partial charge in [0.25, 0.3) is 11.8 Å². The van der Waals surface area contributed by atoms with Gasteiger partial charge in [0.15, 0.2) is 0 Å². The molecule has 0 unspecified atom stereocenters. The van der Waals surface area contributed by atoms with Crippen LogP contribution in [0.4, 0.5) is 5.69 Å². The van der Waals surface area contributed by atoms with Crippen LogP contribution in [0.1, 0.15) is 26.3 Å². The molecule has 2 aromatic heterocycles. The minimum Gasteiger partial charge on any atom is -0.268 e. The Morgan fingerprint density at radius 3 is 1.44 bits per heavy atom. The van der Waals surface area contributed by atoms with Crippen molar-refractivity contribution < 1.29 is 9.59 Å². The number of anilines is 1. The number of nitrogens with zero attached hydrogens (tertiary/aromatic N) is 4. The number of pyridine rings is 2. The Morgan fingerprint density at radius 1 is 0.533 bits per heavy atom. The molecule has 0 bridgehead atoms. The molecule has 0 spiro atoms. The molecule has 45 heavy (non-hydrogen) atoms. The van der Waals surface area contributed by atoms with Crippen molar-refractivity contribution in [3.63, 3.8) is 0 Å². The van der Waals surface area contributed by atoms with Gasteiger partial charge in [0.05, 0.1) is 44.8 Å². The summed E-state index contributed by atoms with van der Waals surface area (Å²) < 4.78 is 0. The van der Waals surface area contributed by atoms with E-state index >= 15 is 0 Å². The van der Waals surface area contributed by atoms with E-state index in [4.69, 9.17) is 9.97 Å². The number of nitriles is 1. The summed E-state index contributed by atoms with van der Waals surface area (Å²) in [5, 5.41) is 11.3. The van der Waals surface area contributed by atoms with E-state index < -0.39 is 11.8 Å². The van der Waals surface area contributed by atoms with E-state index in [0.29, 0.717) is 44.3 Å². The highest BCUT2D eigenvalue weighted by Gasteiger charge is 2.31. The summed E-state index contributed by atoms with van der Waals surface area (Å²) in [5.74, 6) is -1.14. The van der Waals surface area contributed by atoms with Crippen LogP contribution < -0.4 is 4.90 Å². The maximum atomic E-state index is 14.9. The van der Waals surface area contributed by atoms with Crippen LogP contribution >= 0.6 is 0 Å². The molecule has 212 valence electrons. The van der Waals surface area contributed by atoms with Crippen molar-refractivity contribution in [2.75, 3.05) is 4.90 Å². The molecule has 6 heteroatoms. The molecule has 0 saturated carbocycles. The van der Waals surface area contributed by atoms with Gasteiger partial charge < -0.3 is 0 Å². The van der Waals surface area contributed by atoms with Crippen LogP contribution in [-0.4, -0.2) is 21.8 Å².